The number of amidine groups is 1. The van der Waals surface area contributed by atoms with Crippen molar-refractivity contribution in [3.05, 3.63) is 23.8 Å². The Morgan fingerprint density at radius 3 is 2.91 bits per heavy atom. The van der Waals surface area contributed by atoms with Gasteiger partial charge in [0.05, 0.1) is 5.69 Å². The molecule has 0 aromatic heterocycles. The van der Waals surface area contributed by atoms with Crippen LogP contribution in [0.1, 0.15) is 51.5 Å². The predicted molar refractivity (Wildman–Crippen MR) is 89.8 cm³/mol. The molecule has 0 radical (unpaired) electrons. The first-order valence-corrected chi connectivity index (χ1v) is 8.42. The molecule has 1 aliphatic carbocycles. The van der Waals surface area contributed by atoms with Crippen LogP contribution in [0.15, 0.2) is 23.3 Å². The molecule has 0 spiro atoms. The lowest BCUT2D eigenvalue weighted by Crippen LogP contribution is -2.55. The topological polar surface area (TPSA) is 53.9 Å². The third-order valence-electron chi connectivity index (χ3n) is 5.98. The first-order chi connectivity index (χ1) is 11.0. The van der Waals surface area contributed by atoms with Gasteiger partial charge in [-0.1, -0.05) is 26.3 Å². The van der Waals surface area contributed by atoms with E-state index in [-0.39, 0.29) is 11.9 Å². The Hall–Kier alpha value is -2.04. The fourth-order valence-electron chi connectivity index (χ4n) is 3.88. The van der Waals surface area contributed by atoms with Gasteiger partial charge in [0, 0.05) is 0 Å². The Labute approximate surface area is 136 Å². The number of fused-ring (bicyclic) bond motifs is 3. The standard InChI is InChI=1S/C18H23N3O2/c1-11(18(3)7-4-8-18)13-5-6-15-14(9-13)21-12(2)17(22)20-19-16(21)10-23-15/h5-6,9,11-12H,4,7-8,10H2,1-3H3,(H,20,22). The van der Waals surface area contributed by atoms with Crippen LogP contribution in [-0.4, -0.2) is 24.4 Å². The van der Waals surface area contributed by atoms with Crippen molar-refractivity contribution in [2.24, 2.45) is 10.5 Å². The largest absolute Gasteiger partial charge is 0.483 e. The number of carbonyl (C=O) groups is 1. The van der Waals surface area contributed by atoms with Crippen molar-refractivity contribution >= 4 is 17.4 Å². The molecular weight excluding hydrogens is 290 g/mol. The van der Waals surface area contributed by atoms with Crippen molar-refractivity contribution in [2.45, 2.75) is 52.0 Å². The molecule has 1 N–H and O–H groups in total. The second-order valence-corrected chi connectivity index (χ2v) is 7.30. The third-order valence-corrected chi connectivity index (χ3v) is 5.98. The zero-order valence-electron chi connectivity index (χ0n) is 13.9. The van der Waals surface area contributed by atoms with Crippen molar-refractivity contribution in [1.82, 2.24) is 5.43 Å². The molecule has 1 amide bonds. The summed E-state index contributed by atoms with van der Waals surface area (Å²) in [5.41, 5.74) is 5.24. The first-order valence-electron chi connectivity index (χ1n) is 8.42. The molecule has 1 aromatic carbocycles. The number of rotatable bonds is 2. The fourth-order valence-corrected chi connectivity index (χ4v) is 3.88. The van der Waals surface area contributed by atoms with E-state index in [1.807, 2.05) is 17.9 Å². The van der Waals surface area contributed by atoms with Gasteiger partial charge in [0.15, 0.2) is 5.84 Å². The molecule has 122 valence electrons. The summed E-state index contributed by atoms with van der Waals surface area (Å²) in [7, 11) is 0. The number of amides is 1. The molecule has 23 heavy (non-hydrogen) atoms. The minimum atomic E-state index is -0.269. The van der Waals surface area contributed by atoms with Gasteiger partial charge in [-0.15, -0.1) is 0 Å². The van der Waals surface area contributed by atoms with Gasteiger partial charge in [0.2, 0.25) is 0 Å². The number of nitrogens with one attached hydrogen (secondary N) is 1. The van der Waals surface area contributed by atoms with E-state index in [4.69, 9.17) is 4.74 Å². The zero-order chi connectivity index (χ0) is 16.2. The molecule has 1 aromatic rings. The smallest absolute Gasteiger partial charge is 0.262 e. The van der Waals surface area contributed by atoms with Gasteiger partial charge in [-0.2, -0.15) is 5.10 Å². The Morgan fingerprint density at radius 1 is 1.43 bits per heavy atom. The highest BCUT2D eigenvalue weighted by atomic mass is 16.5. The van der Waals surface area contributed by atoms with Crippen LogP contribution < -0.4 is 15.1 Å². The molecule has 1 fully saturated rings. The Morgan fingerprint density at radius 2 is 2.22 bits per heavy atom. The number of ether oxygens (including phenoxy) is 1. The molecule has 0 bridgehead atoms. The summed E-state index contributed by atoms with van der Waals surface area (Å²) in [5.74, 6) is 2.02. The maximum atomic E-state index is 12.0. The number of hydrogen-bond donors (Lipinski definition) is 1. The summed E-state index contributed by atoms with van der Waals surface area (Å²) in [4.78, 5) is 14.0. The number of nitrogens with zero attached hydrogens (tertiary/aromatic N) is 2. The highest BCUT2D eigenvalue weighted by molar-refractivity contribution is 6.09. The lowest BCUT2D eigenvalue weighted by atomic mass is 9.61. The summed E-state index contributed by atoms with van der Waals surface area (Å²) >= 11 is 0. The molecule has 5 heteroatoms. The number of anilines is 1. The van der Waals surface area contributed by atoms with Crippen LogP contribution >= 0.6 is 0 Å². The minimum Gasteiger partial charge on any atom is -0.483 e. The average molecular weight is 313 g/mol. The van der Waals surface area contributed by atoms with Gasteiger partial charge in [0.1, 0.15) is 18.4 Å². The van der Waals surface area contributed by atoms with Crippen LogP contribution in [0.3, 0.4) is 0 Å². The summed E-state index contributed by atoms with van der Waals surface area (Å²) in [6, 6.07) is 6.13. The van der Waals surface area contributed by atoms with E-state index < -0.39 is 0 Å². The molecule has 2 heterocycles. The second-order valence-electron chi connectivity index (χ2n) is 7.30. The van der Waals surface area contributed by atoms with Crippen molar-refractivity contribution < 1.29 is 9.53 Å². The van der Waals surface area contributed by atoms with E-state index >= 15 is 0 Å². The molecule has 5 nitrogen and oxygen atoms in total. The molecule has 1 saturated carbocycles. The van der Waals surface area contributed by atoms with Crippen LogP contribution in [0.25, 0.3) is 0 Å². The minimum absolute atomic E-state index is 0.0778. The predicted octanol–water partition coefficient (Wildman–Crippen LogP) is 3.01. The highest BCUT2D eigenvalue weighted by Gasteiger charge is 2.39. The molecule has 2 aliphatic heterocycles. The van der Waals surface area contributed by atoms with Gasteiger partial charge in [-0.3, -0.25) is 4.79 Å². The van der Waals surface area contributed by atoms with Gasteiger partial charge in [0.25, 0.3) is 5.91 Å². The van der Waals surface area contributed by atoms with E-state index in [0.717, 1.165) is 17.3 Å². The van der Waals surface area contributed by atoms with Crippen LogP contribution in [0, 0.1) is 5.41 Å². The number of hydrogen-bond acceptors (Lipinski definition) is 4. The van der Waals surface area contributed by atoms with E-state index in [1.54, 1.807) is 0 Å². The lowest BCUT2D eigenvalue weighted by molar-refractivity contribution is -0.122. The normalized spacial score (nSPS) is 26.0. The first kappa shape index (κ1) is 14.5. The van der Waals surface area contributed by atoms with Crippen LogP contribution in [0.5, 0.6) is 5.75 Å². The van der Waals surface area contributed by atoms with Gasteiger partial charge < -0.3 is 9.64 Å². The van der Waals surface area contributed by atoms with E-state index in [9.17, 15) is 4.79 Å². The fraction of sp³-hybridized carbons (Fsp3) is 0.556. The summed E-state index contributed by atoms with van der Waals surface area (Å²) in [6.45, 7) is 6.99. The molecular formula is C18H23N3O2. The number of carbonyl (C=O) groups excluding carboxylic acids is 1. The third kappa shape index (κ3) is 2.13. The Kier molecular flexibility index (Phi) is 3.15. The van der Waals surface area contributed by atoms with Crippen LogP contribution in [-0.2, 0) is 4.79 Å². The number of hydrazone groups is 1. The Bertz CT molecular complexity index is 694. The van der Waals surface area contributed by atoms with Crippen LogP contribution in [0.2, 0.25) is 0 Å². The highest BCUT2D eigenvalue weighted by Crippen LogP contribution is 2.51. The Balaban J connectivity index is 1.74. The van der Waals surface area contributed by atoms with E-state index in [2.05, 4.69) is 36.5 Å². The molecule has 2 unspecified atom stereocenters. The van der Waals surface area contributed by atoms with E-state index in [0.29, 0.717) is 17.9 Å². The van der Waals surface area contributed by atoms with Crippen LogP contribution in [0.4, 0.5) is 5.69 Å². The molecule has 0 saturated heterocycles. The molecule has 2 atom stereocenters. The number of benzene rings is 1. The second kappa shape index (κ2) is 4.98. The van der Waals surface area contributed by atoms with Crippen molar-refractivity contribution in [1.29, 1.82) is 0 Å². The molecule has 3 aliphatic rings. The zero-order valence-corrected chi connectivity index (χ0v) is 13.9. The van der Waals surface area contributed by atoms with Crippen molar-refractivity contribution in [2.75, 3.05) is 11.5 Å². The SMILES string of the molecule is CC1C(=O)NN=C2COc3ccc(C(C)C4(C)CCC4)cc3N21. The maximum Gasteiger partial charge on any atom is 0.262 e. The van der Waals surface area contributed by atoms with Crippen molar-refractivity contribution in [3.8, 4) is 5.75 Å². The van der Waals surface area contributed by atoms with Crippen molar-refractivity contribution in [3.63, 3.8) is 0 Å². The monoisotopic (exact) mass is 313 g/mol. The summed E-state index contributed by atoms with van der Waals surface area (Å²) in [5, 5.41) is 4.15. The summed E-state index contributed by atoms with van der Waals surface area (Å²) in [6.07, 6.45) is 3.91. The average Bonchev–Trinajstić information content (AvgIpc) is 2.54. The lowest BCUT2D eigenvalue weighted by Gasteiger charge is -2.44. The van der Waals surface area contributed by atoms with Gasteiger partial charge in [-0.25, -0.2) is 5.43 Å². The van der Waals surface area contributed by atoms with Gasteiger partial charge in [-0.05, 0) is 48.8 Å². The maximum absolute atomic E-state index is 12.0. The summed E-state index contributed by atoms with van der Waals surface area (Å²) < 4.78 is 5.81. The molecule has 4 rings (SSSR count). The van der Waals surface area contributed by atoms with E-state index in [1.165, 1.54) is 24.8 Å². The quantitative estimate of drug-likeness (QED) is 0.913. The van der Waals surface area contributed by atoms with Gasteiger partial charge >= 0.3 is 0 Å².